The minimum Gasteiger partial charge on any atom is -0.377 e. The Hall–Kier alpha value is -1.61. The van der Waals surface area contributed by atoms with E-state index >= 15 is 0 Å². The topological polar surface area (TPSA) is 72.4 Å². The van der Waals surface area contributed by atoms with E-state index in [-0.39, 0.29) is 5.60 Å². The summed E-state index contributed by atoms with van der Waals surface area (Å²) >= 11 is 1.71. The average Bonchev–Trinajstić information content (AvgIpc) is 3.18. The molecule has 0 amide bonds. The lowest BCUT2D eigenvalue weighted by molar-refractivity contribution is -0.0563. The van der Waals surface area contributed by atoms with Gasteiger partial charge in [0.2, 0.25) is 0 Å². The minimum absolute atomic E-state index is 0.215. The van der Waals surface area contributed by atoms with Gasteiger partial charge in [-0.05, 0) is 32.4 Å². The second-order valence-corrected chi connectivity index (χ2v) is 8.69. The molecule has 0 aliphatic carbocycles. The summed E-state index contributed by atoms with van der Waals surface area (Å²) in [6.07, 6.45) is 0.992. The van der Waals surface area contributed by atoms with Crippen LogP contribution in [0.4, 0.5) is 5.82 Å². The molecule has 4 rings (SSSR count). The van der Waals surface area contributed by atoms with Crippen LogP contribution in [0.1, 0.15) is 22.8 Å². The van der Waals surface area contributed by atoms with Crippen molar-refractivity contribution in [2.24, 2.45) is 5.92 Å². The first-order valence-electron chi connectivity index (χ1n) is 9.49. The molecule has 0 saturated carbocycles. The van der Waals surface area contributed by atoms with Crippen LogP contribution in [-0.4, -0.2) is 65.1 Å². The summed E-state index contributed by atoms with van der Waals surface area (Å²) in [6, 6.07) is 3.94. The molecule has 2 aromatic rings. The van der Waals surface area contributed by atoms with Gasteiger partial charge < -0.3 is 14.8 Å². The number of aromatic nitrogens is 3. The van der Waals surface area contributed by atoms with Crippen LogP contribution in [0.15, 0.2) is 17.5 Å². The van der Waals surface area contributed by atoms with Gasteiger partial charge in [0.25, 0.3) is 0 Å². The number of nitrogens with zero attached hydrogens (tertiary/aromatic N) is 4. The van der Waals surface area contributed by atoms with Crippen molar-refractivity contribution in [2.45, 2.75) is 32.4 Å². The van der Waals surface area contributed by atoms with Gasteiger partial charge in [-0.25, -0.2) is 4.98 Å². The molecule has 1 spiro atoms. The van der Waals surface area contributed by atoms with Crippen molar-refractivity contribution in [3.05, 3.63) is 33.9 Å². The van der Waals surface area contributed by atoms with E-state index in [1.807, 2.05) is 19.1 Å². The molecule has 4 heterocycles. The van der Waals surface area contributed by atoms with Gasteiger partial charge in [-0.15, -0.1) is 16.4 Å². The molecule has 7 nitrogen and oxygen atoms in total. The molecule has 0 unspecified atom stereocenters. The Morgan fingerprint density at radius 1 is 1.33 bits per heavy atom. The standard InChI is InChI=1S/C19H27N5O2S/c1-14-3-4-18(23-22-14)20-8-16-7-19(26-10-16)12-24(5-6-25-13-19)9-17-11-27-15(2)21-17/h3-4,11,16H,5-10,12-13H2,1-2H3,(H,20,23)/t16-,19-/m1/s1. The normalized spacial score (nSPS) is 26.4. The first-order chi connectivity index (χ1) is 13.1. The highest BCUT2D eigenvalue weighted by atomic mass is 32.1. The Morgan fingerprint density at radius 2 is 2.26 bits per heavy atom. The predicted octanol–water partition coefficient (Wildman–Crippen LogP) is 2.27. The quantitative estimate of drug-likeness (QED) is 0.841. The molecule has 27 heavy (non-hydrogen) atoms. The number of anilines is 1. The molecule has 146 valence electrons. The van der Waals surface area contributed by atoms with Gasteiger partial charge in [-0.3, -0.25) is 4.90 Å². The summed E-state index contributed by atoms with van der Waals surface area (Å²) < 4.78 is 12.2. The lowest BCUT2D eigenvalue weighted by Gasteiger charge is -2.30. The molecule has 2 saturated heterocycles. The van der Waals surface area contributed by atoms with Gasteiger partial charge in [0.05, 0.1) is 36.2 Å². The molecule has 2 atom stereocenters. The minimum atomic E-state index is -0.215. The Morgan fingerprint density at radius 3 is 3.04 bits per heavy atom. The zero-order chi connectivity index (χ0) is 18.7. The highest BCUT2D eigenvalue weighted by Gasteiger charge is 2.43. The summed E-state index contributed by atoms with van der Waals surface area (Å²) in [4.78, 5) is 7.03. The Balaban J connectivity index is 1.33. The Labute approximate surface area is 164 Å². The van der Waals surface area contributed by atoms with Crippen LogP contribution in [-0.2, 0) is 16.0 Å². The molecule has 2 aliphatic rings. The predicted molar refractivity (Wildman–Crippen MR) is 105 cm³/mol. The van der Waals surface area contributed by atoms with E-state index in [1.54, 1.807) is 11.3 Å². The monoisotopic (exact) mass is 389 g/mol. The van der Waals surface area contributed by atoms with Gasteiger partial charge in [-0.1, -0.05) is 0 Å². The van der Waals surface area contributed by atoms with Crippen molar-refractivity contribution in [1.29, 1.82) is 0 Å². The number of ether oxygens (including phenoxy) is 2. The number of rotatable bonds is 5. The lowest BCUT2D eigenvalue weighted by Crippen LogP contribution is -2.44. The summed E-state index contributed by atoms with van der Waals surface area (Å²) in [6.45, 7) is 9.67. The van der Waals surface area contributed by atoms with Crippen LogP contribution in [0.2, 0.25) is 0 Å². The number of hydrogen-bond donors (Lipinski definition) is 1. The molecule has 2 aromatic heterocycles. The number of thiazole rings is 1. The van der Waals surface area contributed by atoms with Crippen molar-refractivity contribution in [3.63, 3.8) is 0 Å². The third-order valence-electron chi connectivity index (χ3n) is 5.14. The highest BCUT2D eigenvalue weighted by Crippen LogP contribution is 2.33. The third kappa shape index (κ3) is 4.82. The van der Waals surface area contributed by atoms with Crippen LogP contribution in [0.5, 0.6) is 0 Å². The highest BCUT2D eigenvalue weighted by molar-refractivity contribution is 7.09. The average molecular weight is 390 g/mol. The maximum absolute atomic E-state index is 6.29. The largest absolute Gasteiger partial charge is 0.377 e. The number of aryl methyl sites for hydroxylation is 2. The summed E-state index contributed by atoms with van der Waals surface area (Å²) in [7, 11) is 0. The zero-order valence-electron chi connectivity index (χ0n) is 16.0. The van der Waals surface area contributed by atoms with E-state index in [2.05, 4.69) is 37.7 Å². The molecule has 0 bridgehead atoms. The SMILES string of the molecule is Cc1ccc(NC[C@@H]2CO[C@]3(COCCN(Cc4csc(C)n4)C3)C2)nn1. The molecule has 2 aliphatic heterocycles. The Kier molecular flexibility index (Phi) is 5.68. The van der Waals surface area contributed by atoms with E-state index in [9.17, 15) is 0 Å². The first-order valence-corrected chi connectivity index (χ1v) is 10.4. The third-order valence-corrected chi connectivity index (χ3v) is 5.96. The molecule has 0 aromatic carbocycles. The van der Waals surface area contributed by atoms with E-state index < -0.39 is 0 Å². The summed E-state index contributed by atoms with van der Waals surface area (Å²) in [5, 5.41) is 14.9. The molecule has 2 fully saturated rings. The van der Waals surface area contributed by atoms with Gasteiger partial charge in [0, 0.05) is 37.5 Å². The zero-order valence-corrected chi connectivity index (χ0v) is 16.8. The molecule has 1 N–H and O–H groups in total. The fourth-order valence-corrected chi connectivity index (χ4v) is 4.46. The second-order valence-electron chi connectivity index (χ2n) is 7.63. The van der Waals surface area contributed by atoms with Crippen LogP contribution in [0.3, 0.4) is 0 Å². The van der Waals surface area contributed by atoms with Crippen molar-refractivity contribution >= 4 is 17.2 Å². The molecular weight excluding hydrogens is 362 g/mol. The molecule has 0 radical (unpaired) electrons. The van der Waals surface area contributed by atoms with Crippen LogP contribution in [0, 0.1) is 19.8 Å². The fraction of sp³-hybridized carbons (Fsp3) is 0.632. The van der Waals surface area contributed by atoms with Crippen molar-refractivity contribution in [2.75, 3.05) is 44.8 Å². The van der Waals surface area contributed by atoms with Crippen LogP contribution >= 0.6 is 11.3 Å². The van der Waals surface area contributed by atoms with Gasteiger partial charge in [0.15, 0.2) is 0 Å². The summed E-state index contributed by atoms with van der Waals surface area (Å²) in [5.74, 6) is 1.26. The lowest BCUT2D eigenvalue weighted by atomic mass is 9.94. The van der Waals surface area contributed by atoms with E-state index in [1.165, 1.54) is 0 Å². The van der Waals surface area contributed by atoms with E-state index in [0.29, 0.717) is 12.5 Å². The van der Waals surface area contributed by atoms with Crippen molar-refractivity contribution in [3.8, 4) is 0 Å². The smallest absolute Gasteiger partial charge is 0.148 e. The summed E-state index contributed by atoms with van der Waals surface area (Å²) in [5.41, 5.74) is 1.85. The first kappa shape index (κ1) is 18.7. The molecular formula is C19H27N5O2S. The van der Waals surface area contributed by atoms with Gasteiger partial charge in [0.1, 0.15) is 11.4 Å². The fourth-order valence-electron chi connectivity index (χ4n) is 3.85. The Bertz CT molecular complexity index is 753. The van der Waals surface area contributed by atoms with Gasteiger partial charge in [-0.2, -0.15) is 5.10 Å². The van der Waals surface area contributed by atoms with E-state index in [4.69, 9.17) is 9.47 Å². The van der Waals surface area contributed by atoms with Crippen molar-refractivity contribution in [1.82, 2.24) is 20.1 Å². The van der Waals surface area contributed by atoms with Crippen LogP contribution < -0.4 is 5.32 Å². The maximum atomic E-state index is 6.29. The number of nitrogens with one attached hydrogen (secondary N) is 1. The maximum Gasteiger partial charge on any atom is 0.148 e. The number of hydrogen-bond acceptors (Lipinski definition) is 8. The second kappa shape index (κ2) is 8.18. The van der Waals surface area contributed by atoms with E-state index in [0.717, 1.165) is 68.0 Å². The van der Waals surface area contributed by atoms with Crippen LogP contribution in [0.25, 0.3) is 0 Å². The molecule has 8 heteroatoms. The van der Waals surface area contributed by atoms with Gasteiger partial charge >= 0.3 is 0 Å². The van der Waals surface area contributed by atoms with Crippen molar-refractivity contribution < 1.29 is 9.47 Å².